The topological polar surface area (TPSA) is 64.7 Å². The van der Waals surface area contributed by atoms with Crippen LogP contribution >= 0.6 is 0 Å². The van der Waals surface area contributed by atoms with E-state index in [1.54, 1.807) is 0 Å². The lowest BCUT2D eigenvalue weighted by molar-refractivity contribution is 0.432. The SMILES string of the molecule is Cc1cc(-c2noc(-c3cc(C)nc(CC(C)C)c3)n2)cc(C)n1. The molecule has 0 aliphatic rings. The summed E-state index contributed by atoms with van der Waals surface area (Å²) in [7, 11) is 0. The van der Waals surface area contributed by atoms with Crippen LogP contribution in [-0.4, -0.2) is 20.1 Å². The van der Waals surface area contributed by atoms with Crippen LogP contribution in [0.25, 0.3) is 22.8 Å². The predicted octanol–water partition coefficient (Wildman–Crippen LogP) is 4.32. The minimum atomic E-state index is 0.521. The van der Waals surface area contributed by atoms with E-state index >= 15 is 0 Å². The maximum Gasteiger partial charge on any atom is 0.258 e. The first-order valence-corrected chi connectivity index (χ1v) is 8.18. The largest absolute Gasteiger partial charge is 0.334 e. The Bertz CT molecular complexity index is 847. The van der Waals surface area contributed by atoms with Crippen LogP contribution in [0.3, 0.4) is 0 Å². The number of pyridine rings is 2. The van der Waals surface area contributed by atoms with Gasteiger partial charge in [0.15, 0.2) is 0 Å². The molecule has 124 valence electrons. The Labute approximate surface area is 142 Å². The molecule has 0 atom stereocenters. The van der Waals surface area contributed by atoms with Gasteiger partial charge in [0, 0.05) is 33.9 Å². The molecule has 24 heavy (non-hydrogen) atoms. The molecule has 5 heteroatoms. The number of aryl methyl sites for hydroxylation is 3. The summed E-state index contributed by atoms with van der Waals surface area (Å²) < 4.78 is 5.49. The van der Waals surface area contributed by atoms with Crippen molar-refractivity contribution in [2.24, 2.45) is 5.92 Å². The van der Waals surface area contributed by atoms with Gasteiger partial charge in [-0.2, -0.15) is 4.98 Å². The highest BCUT2D eigenvalue weighted by Gasteiger charge is 2.13. The summed E-state index contributed by atoms with van der Waals surface area (Å²) in [6.45, 7) is 10.3. The molecule has 0 aromatic carbocycles. The molecular formula is C19H22N4O. The predicted molar refractivity (Wildman–Crippen MR) is 93.5 cm³/mol. The monoisotopic (exact) mass is 322 g/mol. The molecule has 3 rings (SSSR count). The second kappa shape index (κ2) is 6.51. The molecule has 0 spiro atoms. The first-order chi connectivity index (χ1) is 11.4. The standard InChI is InChI=1S/C19H22N4O/c1-11(2)6-17-10-16(9-14(5)21-17)19-22-18(23-24-19)15-7-12(3)20-13(4)8-15/h7-11H,6H2,1-5H3. The van der Waals surface area contributed by atoms with Crippen molar-refractivity contribution in [1.29, 1.82) is 0 Å². The number of aromatic nitrogens is 4. The molecule has 3 aromatic heterocycles. The van der Waals surface area contributed by atoms with Crippen LogP contribution in [-0.2, 0) is 6.42 Å². The molecular weight excluding hydrogens is 300 g/mol. The minimum Gasteiger partial charge on any atom is -0.334 e. The summed E-state index contributed by atoms with van der Waals surface area (Å²) in [4.78, 5) is 13.5. The minimum absolute atomic E-state index is 0.521. The third-order valence-corrected chi connectivity index (χ3v) is 3.64. The molecule has 0 aliphatic carbocycles. The number of rotatable bonds is 4. The first-order valence-electron chi connectivity index (χ1n) is 8.18. The lowest BCUT2D eigenvalue weighted by Gasteiger charge is -2.06. The van der Waals surface area contributed by atoms with E-state index in [-0.39, 0.29) is 0 Å². The van der Waals surface area contributed by atoms with Gasteiger partial charge in [-0.1, -0.05) is 19.0 Å². The maximum absolute atomic E-state index is 5.49. The van der Waals surface area contributed by atoms with Crippen LogP contribution in [0.1, 0.15) is 36.6 Å². The summed E-state index contributed by atoms with van der Waals surface area (Å²) in [6, 6.07) is 7.94. The van der Waals surface area contributed by atoms with Gasteiger partial charge in [0.05, 0.1) is 0 Å². The summed E-state index contributed by atoms with van der Waals surface area (Å²) >= 11 is 0. The first kappa shape index (κ1) is 16.3. The van der Waals surface area contributed by atoms with Gasteiger partial charge in [0.1, 0.15) is 0 Å². The second-order valence-electron chi connectivity index (χ2n) is 6.65. The number of hydrogen-bond acceptors (Lipinski definition) is 5. The van der Waals surface area contributed by atoms with Crippen LogP contribution < -0.4 is 0 Å². The van der Waals surface area contributed by atoms with Crippen molar-refractivity contribution in [3.8, 4) is 22.8 Å². The van der Waals surface area contributed by atoms with Gasteiger partial charge >= 0.3 is 0 Å². The number of nitrogens with zero attached hydrogens (tertiary/aromatic N) is 4. The van der Waals surface area contributed by atoms with Gasteiger partial charge in [0.2, 0.25) is 5.82 Å². The zero-order valence-electron chi connectivity index (χ0n) is 14.8. The quantitative estimate of drug-likeness (QED) is 0.716. The zero-order chi connectivity index (χ0) is 17.3. The van der Waals surface area contributed by atoms with Crippen LogP contribution in [0.2, 0.25) is 0 Å². The Morgan fingerprint density at radius 1 is 0.833 bits per heavy atom. The van der Waals surface area contributed by atoms with E-state index in [0.717, 1.165) is 40.3 Å². The Kier molecular flexibility index (Phi) is 4.42. The fourth-order valence-electron chi connectivity index (χ4n) is 2.81. The smallest absolute Gasteiger partial charge is 0.258 e. The van der Waals surface area contributed by atoms with E-state index in [9.17, 15) is 0 Å². The van der Waals surface area contributed by atoms with E-state index in [2.05, 4.69) is 34.0 Å². The van der Waals surface area contributed by atoms with E-state index in [1.807, 2.05) is 45.0 Å². The molecule has 0 unspecified atom stereocenters. The molecule has 3 aromatic rings. The van der Waals surface area contributed by atoms with Gasteiger partial charge < -0.3 is 4.52 Å². The molecule has 0 aliphatic heterocycles. The van der Waals surface area contributed by atoms with Crippen molar-refractivity contribution >= 4 is 0 Å². The summed E-state index contributed by atoms with van der Waals surface area (Å²) in [5, 5.41) is 4.13. The fraction of sp³-hybridized carbons (Fsp3) is 0.368. The van der Waals surface area contributed by atoms with E-state index in [0.29, 0.717) is 17.6 Å². The Balaban J connectivity index is 1.97. The summed E-state index contributed by atoms with van der Waals surface area (Å²) in [6.07, 6.45) is 0.929. The second-order valence-corrected chi connectivity index (χ2v) is 6.65. The van der Waals surface area contributed by atoms with Crippen molar-refractivity contribution in [2.45, 2.75) is 41.0 Å². The average molecular weight is 322 g/mol. The lowest BCUT2D eigenvalue weighted by atomic mass is 10.1. The normalized spacial score (nSPS) is 11.2. The van der Waals surface area contributed by atoms with Crippen molar-refractivity contribution in [1.82, 2.24) is 20.1 Å². The van der Waals surface area contributed by atoms with E-state index in [4.69, 9.17) is 4.52 Å². The van der Waals surface area contributed by atoms with Gasteiger partial charge in [-0.15, -0.1) is 0 Å². The van der Waals surface area contributed by atoms with Gasteiger partial charge in [0.25, 0.3) is 5.89 Å². The van der Waals surface area contributed by atoms with Crippen LogP contribution in [0.4, 0.5) is 0 Å². The highest BCUT2D eigenvalue weighted by molar-refractivity contribution is 5.60. The molecule has 0 fully saturated rings. The third kappa shape index (κ3) is 3.67. The average Bonchev–Trinajstić information content (AvgIpc) is 2.94. The van der Waals surface area contributed by atoms with Crippen LogP contribution in [0.5, 0.6) is 0 Å². The van der Waals surface area contributed by atoms with Crippen LogP contribution in [0.15, 0.2) is 28.8 Å². The molecule has 3 heterocycles. The fourth-order valence-corrected chi connectivity index (χ4v) is 2.81. The molecule has 0 saturated carbocycles. The highest BCUT2D eigenvalue weighted by Crippen LogP contribution is 2.24. The molecule has 5 nitrogen and oxygen atoms in total. The lowest BCUT2D eigenvalue weighted by Crippen LogP contribution is -1.99. The highest BCUT2D eigenvalue weighted by atomic mass is 16.5. The van der Waals surface area contributed by atoms with Crippen LogP contribution in [0, 0.1) is 26.7 Å². The van der Waals surface area contributed by atoms with Crippen molar-refractivity contribution in [3.63, 3.8) is 0 Å². The molecule has 0 saturated heterocycles. The van der Waals surface area contributed by atoms with Crippen molar-refractivity contribution < 1.29 is 4.52 Å². The Morgan fingerprint density at radius 2 is 1.46 bits per heavy atom. The molecule has 0 bridgehead atoms. The van der Waals surface area contributed by atoms with Gasteiger partial charge in [-0.05, 0) is 57.4 Å². The van der Waals surface area contributed by atoms with E-state index < -0.39 is 0 Å². The van der Waals surface area contributed by atoms with Crippen molar-refractivity contribution in [3.05, 3.63) is 47.0 Å². The molecule has 0 amide bonds. The van der Waals surface area contributed by atoms with Gasteiger partial charge in [-0.3, -0.25) is 9.97 Å². The number of hydrogen-bond donors (Lipinski definition) is 0. The van der Waals surface area contributed by atoms with Gasteiger partial charge in [-0.25, -0.2) is 0 Å². The zero-order valence-corrected chi connectivity index (χ0v) is 14.8. The third-order valence-electron chi connectivity index (χ3n) is 3.64. The van der Waals surface area contributed by atoms with E-state index in [1.165, 1.54) is 0 Å². The Hall–Kier alpha value is -2.56. The molecule has 0 N–H and O–H groups in total. The Morgan fingerprint density at radius 3 is 2.12 bits per heavy atom. The summed E-state index contributed by atoms with van der Waals surface area (Å²) in [5.74, 6) is 1.65. The maximum atomic E-state index is 5.49. The van der Waals surface area contributed by atoms with Crippen molar-refractivity contribution in [2.75, 3.05) is 0 Å². The summed E-state index contributed by atoms with van der Waals surface area (Å²) in [5.41, 5.74) is 5.72. The molecule has 0 radical (unpaired) electrons.